The Bertz CT molecular complexity index is 1090. The monoisotopic (exact) mass is 387 g/mol. The van der Waals surface area contributed by atoms with Crippen LogP contribution in [0.1, 0.15) is 11.3 Å². The number of fused-ring (bicyclic) bond motifs is 1. The summed E-state index contributed by atoms with van der Waals surface area (Å²) < 4.78 is 32.5. The summed E-state index contributed by atoms with van der Waals surface area (Å²) in [6.07, 6.45) is 0. The fraction of sp³-hybridized carbons (Fsp3) is 0.111. The van der Waals surface area contributed by atoms with E-state index < -0.39 is 10.0 Å². The molecule has 0 amide bonds. The van der Waals surface area contributed by atoms with E-state index in [1.807, 2.05) is 6.07 Å². The first kappa shape index (κ1) is 16.8. The molecule has 0 aliphatic carbocycles. The molecular weight excluding hydrogens is 374 g/mol. The first-order chi connectivity index (χ1) is 12.4. The van der Waals surface area contributed by atoms with Crippen molar-refractivity contribution in [3.63, 3.8) is 0 Å². The molecule has 1 aromatic heterocycles. The molecule has 2 aromatic carbocycles. The van der Waals surface area contributed by atoms with Gasteiger partial charge in [0.2, 0.25) is 11.8 Å². The lowest BCUT2D eigenvalue weighted by molar-refractivity contribution is 0.461. The number of nitrogens with zero attached hydrogens (tertiary/aromatic N) is 3. The summed E-state index contributed by atoms with van der Waals surface area (Å²) in [4.78, 5) is 8.86. The van der Waals surface area contributed by atoms with Crippen molar-refractivity contribution in [2.45, 2.75) is 18.4 Å². The lowest BCUT2D eigenvalue weighted by atomic mass is 10.2. The number of benzene rings is 2. The largest absolute Gasteiger partial charge is 0.439 e. The van der Waals surface area contributed by atoms with Gasteiger partial charge in [-0.05, 0) is 42.8 Å². The Labute approximate surface area is 156 Å². The zero-order valence-corrected chi connectivity index (χ0v) is 15.3. The Morgan fingerprint density at radius 1 is 1.08 bits per heavy atom. The minimum absolute atomic E-state index is 0.0881. The van der Waals surface area contributed by atoms with Gasteiger partial charge in [0, 0.05) is 16.8 Å². The SMILES string of the molecule is Cc1cc(Oc2ccc(Cl)cc2)nc(N2Cc3ccccc3S2(=O)=O)n1. The van der Waals surface area contributed by atoms with E-state index in [0.717, 1.165) is 5.56 Å². The molecule has 1 aliphatic rings. The molecule has 0 atom stereocenters. The van der Waals surface area contributed by atoms with Crippen LogP contribution in [0, 0.1) is 6.92 Å². The van der Waals surface area contributed by atoms with Crippen LogP contribution in [-0.2, 0) is 16.6 Å². The van der Waals surface area contributed by atoms with E-state index in [-0.39, 0.29) is 23.3 Å². The van der Waals surface area contributed by atoms with E-state index in [0.29, 0.717) is 16.5 Å². The number of hydrogen-bond donors (Lipinski definition) is 0. The Morgan fingerprint density at radius 2 is 1.81 bits per heavy atom. The van der Waals surface area contributed by atoms with E-state index in [1.54, 1.807) is 55.5 Å². The third-order valence-electron chi connectivity index (χ3n) is 3.93. The van der Waals surface area contributed by atoms with Crippen molar-refractivity contribution in [3.8, 4) is 11.6 Å². The van der Waals surface area contributed by atoms with Gasteiger partial charge in [0.15, 0.2) is 0 Å². The number of hydrogen-bond acceptors (Lipinski definition) is 5. The zero-order valence-electron chi connectivity index (χ0n) is 13.8. The Balaban J connectivity index is 1.70. The van der Waals surface area contributed by atoms with Gasteiger partial charge in [-0.15, -0.1) is 0 Å². The average molecular weight is 388 g/mol. The molecule has 0 spiro atoms. The standard InChI is InChI=1S/C18H14ClN3O3S/c1-12-10-17(25-15-8-6-14(19)7-9-15)21-18(20-12)22-11-13-4-2-3-5-16(13)26(22,23)24/h2-10H,11H2,1H3. The number of halogens is 1. The van der Waals surface area contributed by atoms with Gasteiger partial charge in [-0.2, -0.15) is 4.98 Å². The van der Waals surface area contributed by atoms with Crippen molar-refractivity contribution in [2.24, 2.45) is 0 Å². The van der Waals surface area contributed by atoms with E-state index in [9.17, 15) is 8.42 Å². The summed E-state index contributed by atoms with van der Waals surface area (Å²) in [5.74, 6) is 0.900. The van der Waals surface area contributed by atoms with Crippen LogP contribution in [0.2, 0.25) is 5.02 Å². The highest BCUT2D eigenvalue weighted by Gasteiger charge is 2.36. The number of rotatable bonds is 3. The summed E-state index contributed by atoms with van der Waals surface area (Å²) in [7, 11) is -3.68. The van der Waals surface area contributed by atoms with Gasteiger partial charge in [-0.3, -0.25) is 0 Å². The lowest BCUT2D eigenvalue weighted by Crippen LogP contribution is -2.26. The van der Waals surface area contributed by atoms with Crippen molar-refractivity contribution in [2.75, 3.05) is 4.31 Å². The van der Waals surface area contributed by atoms with Crippen LogP contribution in [-0.4, -0.2) is 18.4 Å². The first-order valence-corrected chi connectivity index (χ1v) is 9.65. The second-order valence-corrected chi connectivity index (χ2v) is 8.09. The van der Waals surface area contributed by atoms with Crippen molar-refractivity contribution < 1.29 is 13.2 Å². The van der Waals surface area contributed by atoms with Gasteiger partial charge in [-0.1, -0.05) is 29.8 Å². The molecule has 4 rings (SSSR count). The topological polar surface area (TPSA) is 72.4 Å². The van der Waals surface area contributed by atoms with Crippen molar-refractivity contribution in [1.29, 1.82) is 0 Å². The highest BCUT2D eigenvalue weighted by atomic mass is 35.5. The fourth-order valence-corrected chi connectivity index (χ4v) is 4.42. The molecule has 0 bridgehead atoms. The predicted octanol–water partition coefficient (Wildman–Crippen LogP) is 3.94. The second kappa shape index (κ2) is 6.26. The highest BCUT2D eigenvalue weighted by molar-refractivity contribution is 7.93. The minimum Gasteiger partial charge on any atom is -0.439 e. The third kappa shape index (κ3) is 3.00. The fourth-order valence-electron chi connectivity index (χ4n) is 2.73. The molecule has 0 fully saturated rings. The average Bonchev–Trinajstić information content (AvgIpc) is 2.88. The summed E-state index contributed by atoms with van der Waals surface area (Å²) in [5, 5.41) is 0.595. The molecule has 26 heavy (non-hydrogen) atoms. The zero-order chi connectivity index (χ0) is 18.3. The third-order valence-corrected chi connectivity index (χ3v) is 6.01. The van der Waals surface area contributed by atoms with Crippen molar-refractivity contribution in [1.82, 2.24) is 9.97 Å². The predicted molar refractivity (Wildman–Crippen MR) is 98.1 cm³/mol. The number of anilines is 1. The minimum atomic E-state index is -3.68. The van der Waals surface area contributed by atoms with E-state index in [4.69, 9.17) is 16.3 Å². The maximum absolute atomic E-state index is 12.8. The van der Waals surface area contributed by atoms with Crippen LogP contribution in [0.15, 0.2) is 59.5 Å². The molecule has 6 nitrogen and oxygen atoms in total. The summed E-state index contributed by atoms with van der Waals surface area (Å²) in [6, 6.07) is 15.4. The number of ether oxygens (including phenoxy) is 1. The maximum Gasteiger partial charge on any atom is 0.267 e. The lowest BCUT2D eigenvalue weighted by Gasteiger charge is -2.16. The first-order valence-electron chi connectivity index (χ1n) is 7.83. The Morgan fingerprint density at radius 3 is 2.54 bits per heavy atom. The van der Waals surface area contributed by atoms with E-state index in [1.165, 1.54) is 4.31 Å². The van der Waals surface area contributed by atoms with E-state index in [2.05, 4.69) is 9.97 Å². The molecule has 2 heterocycles. The molecule has 1 aliphatic heterocycles. The smallest absolute Gasteiger partial charge is 0.267 e. The van der Waals surface area contributed by atoms with Crippen LogP contribution < -0.4 is 9.04 Å². The molecule has 0 N–H and O–H groups in total. The van der Waals surface area contributed by atoms with Gasteiger partial charge in [0.05, 0.1) is 11.4 Å². The quantitative estimate of drug-likeness (QED) is 0.680. The van der Waals surface area contributed by atoms with Gasteiger partial charge >= 0.3 is 0 Å². The Hall–Kier alpha value is -2.64. The van der Waals surface area contributed by atoms with Crippen LogP contribution in [0.3, 0.4) is 0 Å². The van der Waals surface area contributed by atoms with Crippen LogP contribution >= 0.6 is 11.6 Å². The summed E-state index contributed by atoms with van der Waals surface area (Å²) >= 11 is 5.87. The number of sulfonamides is 1. The second-order valence-electron chi connectivity index (χ2n) is 5.82. The molecular formula is C18H14ClN3O3S. The maximum atomic E-state index is 12.8. The molecule has 3 aromatic rings. The summed E-state index contributed by atoms with van der Waals surface area (Å²) in [6.45, 7) is 1.96. The van der Waals surface area contributed by atoms with Gasteiger partial charge in [-0.25, -0.2) is 17.7 Å². The number of aromatic nitrogens is 2. The van der Waals surface area contributed by atoms with Crippen LogP contribution in [0.25, 0.3) is 0 Å². The molecule has 132 valence electrons. The molecule has 8 heteroatoms. The summed E-state index contributed by atoms with van der Waals surface area (Å²) in [5.41, 5.74) is 1.32. The van der Waals surface area contributed by atoms with E-state index >= 15 is 0 Å². The van der Waals surface area contributed by atoms with Crippen molar-refractivity contribution >= 4 is 27.6 Å². The van der Waals surface area contributed by atoms with Crippen LogP contribution in [0.5, 0.6) is 11.6 Å². The van der Waals surface area contributed by atoms with Crippen molar-refractivity contribution in [3.05, 3.63) is 70.9 Å². The van der Waals surface area contributed by atoms with Crippen LogP contribution in [0.4, 0.5) is 5.95 Å². The molecule has 0 radical (unpaired) electrons. The normalized spacial score (nSPS) is 14.9. The Kier molecular flexibility index (Phi) is 4.05. The van der Waals surface area contributed by atoms with Gasteiger partial charge in [0.25, 0.3) is 10.0 Å². The molecule has 0 unspecified atom stereocenters. The number of aryl methyl sites for hydroxylation is 1. The van der Waals surface area contributed by atoms with Gasteiger partial charge < -0.3 is 4.74 Å². The molecule has 0 saturated carbocycles. The van der Waals surface area contributed by atoms with Gasteiger partial charge in [0.1, 0.15) is 5.75 Å². The molecule has 0 saturated heterocycles. The highest BCUT2D eigenvalue weighted by Crippen LogP contribution is 2.34.